The second-order valence-electron chi connectivity index (χ2n) is 3.20. The summed E-state index contributed by atoms with van der Waals surface area (Å²) in [6.45, 7) is -0.399. The van der Waals surface area contributed by atoms with Crippen LogP contribution in [0.25, 0.3) is 0 Å². The fraction of sp³-hybridized carbons (Fsp3) is 0.750. The highest BCUT2D eigenvalue weighted by atomic mass is 19.1. The molecule has 0 aliphatic carbocycles. The normalized spacial score (nSPS) is 31.5. The number of piperidine rings is 1. The third-order valence-electron chi connectivity index (χ3n) is 2.16. The average Bonchev–Trinajstić information content (AvgIpc) is 2.68. The van der Waals surface area contributed by atoms with Gasteiger partial charge in [-0.15, -0.1) is 0 Å². The fourth-order valence-corrected chi connectivity index (χ4v) is 1.47. The van der Waals surface area contributed by atoms with Crippen molar-refractivity contribution in [2.75, 3.05) is 13.1 Å². The van der Waals surface area contributed by atoms with Crippen molar-refractivity contribution in [3.63, 3.8) is 0 Å². The molecule has 0 saturated carbocycles. The topological polar surface area (TPSA) is 51.0 Å². The predicted octanol–water partition coefficient (Wildman–Crippen LogP) is 0.926. The van der Waals surface area contributed by atoms with Crippen LogP contribution in [0.1, 0.15) is 27.3 Å². The van der Waals surface area contributed by atoms with Crippen LogP contribution >= 0.6 is 0 Å². The Hall–Kier alpha value is -0.970. The summed E-state index contributed by atoms with van der Waals surface area (Å²) in [7, 11) is 0. The number of halogens is 1. The highest BCUT2D eigenvalue weighted by molar-refractivity contribution is 5.01. The van der Waals surface area contributed by atoms with Gasteiger partial charge in [0, 0.05) is 9.29 Å². The average molecular weight is 187 g/mol. The Morgan fingerprint density at radius 2 is 2.69 bits per heavy atom. The second kappa shape index (κ2) is 3.06. The molecule has 2 heterocycles. The van der Waals surface area contributed by atoms with Crippen LogP contribution in [0.3, 0.4) is 0 Å². The number of alkyl halides is 1. The van der Waals surface area contributed by atoms with Gasteiger partial charge in [0.25, 0.3) is 5.89 Å². The summed E-state index contributed by atoms with van der Waals surface area (Å²) in [5.41, 5.74) is -1.64. The molecule has 4 nitrogen and oxygen atoms in total. The predicted molar refractivity (Wildman–Crippen MR) is 43.9 cm³/mol. The van der Waals surface area contributed by atoms with E-state index in [0.29, 0.717) is 12.8 Å². The van der Waals surface area contributed by atoms with Crippen molar-refractivity contribution in [1.82, 2.24) is 15.5 Å². The minimum atomic E-state index is -1.64. The van der Waals surface area contributed by atoms with Crippen LogP contribution in [0.15, 0.2) is 4.52 Å². The molecule has 1 aliphatic heterocycles. The molecule has 0 radical (unpaired) electrons. The van der Waals surface area contributed by atoms with Gasteiger partial charge in [0.05, 0.1) is 0 Å². The number of aryl methyl sites for hydroxylation is 1. The maximum atomic E-state index is 14.2. The Kier molecular flexibility index (Phi) is 1.53. The molecule has 0 aromatic carbocycles. The van der Waals surface area contributed by atoms with Gasteiger partial charge in [-0.2, -0.15) is 4.98 Å². The molecule has 1 unspecified atom stereocenters. The van der Waals surface area contributed by atoms with Crippen LogP contribution in [0.4, 0.5) is 4.39 Å². The first kappa shape index (κ1) is 6.48. The standard InChI is InChI=1S/C8H12FN3O/c1-6-11-7(13-12-6)8(9)3-2-4-10-5-8/h10H,2-5H2,1H3/i1D2. The molecule has 72 valence electrons. The highest BCUT2D eigenvalue weighted by Crippen LogP contribution is 2.31. The monoisotopic (exact) mass is 187 g/mol. The van der Waals surface area contributed by atoms with Crippen LogP contribution < -0.4 is 5.32 Å². The van der Waals surface area contributed by atoms with Gasteiger partial charge < -0.3 is 9.84 Å². The largest absolute Gasteiger partial charge is 0.336 e. The number of rotatable bonds is 1. The van der Waals surface area contributed by atoms with E-state index in [1.54, 1.807) is 0 Å². The Labute approximate surface area is 78.3 Å². The van der Waals surface area contributed by atoms with E-state index in [1.807, 2.05) is 0 Å². The molecule has 2 rings (SSSR count). The van der Waals surface area contributed by atoms with Gasteiger partial charge >= 0.3 is 0 Å². The number of hydrogen-bond acceptors (Lipinski definition) is 4. The zero-order chi connectivity index (χ0) is 10.9. The number of hydrogen-bond donors (Lipinski definition) is 1. The van der Waals surface area contributed by atoms with Gasteiger partial charge in [0.1, 0.15) is 0 Å². The molecule has 5 heteroatoms. The Bertz CT molecular complexity index is 338. The van der Waals surface area contributed by atoms with Gasteiger partial charge in [-0.1, -0.05) is 5.16 Å². The van der Waals surface area contributed by atoms with E-state index in [2.05, 4.69) is 15.5 Å². The van der Waals surface area contributed by atoms with Crippen LogP contribution in [0, 0.1) is 6.88 Å². The van der Waals surface area contributed by atoms with Crippen molar-refractivity contribution < 1.29 is 11.7 Å². The minimum Gasteiger partial charge on any atom is -0.336 e. The van der Waals surface area contributed by atoms with Crippen LogP contribution in [-0.4, -0.2) is 23.2 Å². The summed E-state index contributed by atoms with van der Waals surface area (Å²) in [6.07, 6.45) is 1.04. The van der Waals surface area contributed by atoms with Crippen molar-refractivity contribution in [1.29, 1.82) is 0 Å². The van der Waals surface area contributed by atoms with E-state index < -0.39 is 12.5 Å². The Morgan fingerprint density at radius 1 is 1.77 bits per heavy atom. The van der Waals surface area contributed by atoms with Crippen molar-refractivity contribution in [2.45, 2.75) is 25.4 Å². The summed E-state index contributed by atoms with van der Waals surface area (Å²) in [4.78, 5) is 3.74. The molecule has 0 amide bonds. The molecule has 1 saturated heterocycles. The van der Waals surface area contributed by atoms with Crippen molar-refractivity contribution in [3.05, 3.63) is 11.7 Å². The maximum absolute atomic E-state index is 14.2. The van der Waals surface area contributed by atoms with Crippen LogP contribution in [0.2, 0.25) is 0 Å². The lowest BCUT2D eigenvalue weighted by molar-refractivity contribution is 0.0785. The zero-order valence-corrected chi connectivity index (χ0v) is 7.09. The van der Waals surface area contributed by atoms with Gasteiger partial charge in [-0.3, -0.25) is 0 Å². The van der Waals surface area contributed by atoms with Gasteiger partial charge in [-0.05, 0) is 26.3 Å². The molecule has 0 spiro atoms. The number of aromatic nitrogens is 2. The first-order valence-electron chi connectivity index (χ1n) is 5.35. The van der Waals surface area contributed by atoms with E-state index in [4.69, 9.17) is 7.26 Å². The molecular weight excluding hydrogens is 173 g/mol. The molecular formula is C8H12FN3O. The number of nitrogens with one attached hydrogen (secondary N) is 1. The van der Waals surface area contributed by atoms with Crippen molar-refractivity contribution in [2.24, 2.45) is 0 Å². The van der Waals surface area contributed by atoms with Crippen molar-refractivity contribution in [3.8, 4) is 0 Å². The molecule has 1 fully saturated rings. The lowest BCUT2D eigenvalue weighted by atomic mass is 9.96. The summed E-state index contributed by atoms with van der Waals surface area (Å²) in [5.74, 6) is -0.207. The molecule has 1 atom stereocenters. The Morgan fingerprint density at radius 3 is 3.31 bits per heavy atom. The quantitative estimate of drug-likeness (QED) is 0.710. The molecule has 0 bridgehead atoms. The van der Waals surface area contributed by atoms with Gasteiger partial charge in [0.2, 0.25) is 5.67 Å². The second-order valence-corrected chi connectivity index (χ2v) is 3.20. The highest BCUT2D eigenvalue weighted by Gasteiger charge is 2.39. The van der Waals surface area contributed by atoms with Crippen molar-refractivity contribution >= 4 is 0 Å². The molecule has 1 aromatic rings. The summed E-state index contributed by atoms with van der Waals surface area (Å²) in [5, 5.41) is 6.32. The fourth-order valence-electron chi connectivity index (χ4n) is 1.47. The molecule has 1 aromatic heterocycles. The van der Waals surface area contributed by atoms with Crippen LogP contribution in [-0.2, 0) is 5.67 Å². The molecule has 13 heavy (non-hydrogen) atoms. The molecule has 1 N–H and O–H groups in total. The van der Waals surface area contributed by atoms with E-state index in [9.17, 15) is 4.39 Å². The third kappa shape index (κ3) is 1.56. The van der Waals surface area contributed by atoms with Gasteiger partial charge in [-0.25, -0.2) is 4.39 Å². The first-order chi connectivity index (χ1) is 7.12. The lowest BCUT2D eigenvalue weighted by Crippen LogP contribution is -2.40. The summed E-state index contributed by atoms with van der Waals surface area (Å²) < 4.78 is 33.1. The minimum absolute atomic E-state index is 0.0902. The number of nitrogens with zero attached hydrogens (tertiary/aromatic N) is 2. The van der Waals surface area contributed by atoms with E-state index in [1.165, 1.54) is 0 Å². The van der Waals surface area contributed by atoms with E-state index in [0.717, 1.165) is 6.54 Å². The SMILES string of the molecule is [2H]C([2H])c1noc(C2(F)CCCNC2)n1. The maximum Gasteiger partial charge on any atom is 0.265 e. The third-order valence-corrected chi connectivity index (χ3v) is 2.16. The Balaban J connectivity index is 2.20. The molecule has 1 aliphatic rings. The van der Waals surface area contributed by atoms with Crippen LogP contribution in [0.5, 0.6) is 0 Å². The summed E-state index contributed by atoms with van der Waals surface area (Å²) in [6, 6.07) is 0. The zero-order valence-electron chi connectivity index (χ0n) is 9.09. The van der Waals surface area contributed by atoms with E-state index >= 15 is 0 Å². The lowest BCUT2D eigenvalue weighted by Gasteiger charge is -2.26. The first-order valence-corrected chi connectivity index (χ1v) is 4.20. The van der Waals surface area contributed by atoms with E-state index in [-0.39, 0.29) is 18.3 Å². The summed E-state index contributed by atoms with van der Waals surface area (Å²) >= 11 is 0. The van der Waals surface area contributed by atoms with Gasteiger partial charge in [0.15, 0.2) is 5.82 Å². The smallest absolute Gasteiger partial charge is 0.265 e.